The second kappa shape index (κ2) is 9.99. The van der Waals surface area contributed by atoms with Crippen LogP contribution < -0.4 is 24.8 Å². The summed E-state index contributed by atoms with van der Waals surface area (Å²) >= 11 is 0. The van der Waals surface area contributed by atoms with E-state index in [-0.39, 0.29) is 56.4 Å². The largest absolute Gasteiger partial charge is 2.00 e. The zero-order valence-corrected chi connectivity index (χ0v) is 22.1. The Kier molecular flexibility index (Phi) is 8.96. The van der Waals surface area contributed by atoms with Crippen LogP contribution in [0.5, 0.6) is 0 Å². The van der Waals surface area contributed by atoms with Gasteiger partial charge in [0, 0.05) is 5.92 Å². The minimum atomic E-state index is 0. The third-order valence-electron chi connectivity index (χ3n) is 6.32. The van der Waals surface area contributed by atoms with E-state index in [1.807, 2.05) is 0 Å². The molecule has 2 aromatic carbocycles. The third-order valence-corrected chi connectivity index (χ3v) is 6.32. The maximum absolute atomic E-state index is 4.17. The standard InChI is InChI=1S/C27H28.2ClH.Zr/c1-17(2)19-11-13-22-23-14-12-20(18(3)4)16-25(23)26(24(22)15-19)27(5,6)21-9-7-8-10-21;;;/h7-9,11-16,26H,1,3,10H2,2,4-6H3;2*1H;/q;;;+2/p-2. The minimum absolute atomic E-state index is 0. The summed E-state index contributed by atoms with van der Waals surface area (Å²) in [5.41, 5.74) is 11.9. The molecular weight excluding hydrogens is 486 g/mol. The van der Waals surface area contributed by atoms with Gasteiger partial charge in [-0.1, -0.05) is 98.4 Å². The van der Waals surface area contributed by atoms with Crippen molar-refractivity contribution < 1.29 is 51.0 Å². The Balaban J connectivity index is 0.00000150. The normalized spacial score (nSPS) is 13.9. The molecule has 0 aromatic heterocycles. The second-order valence-electron chi connectivity index (χ2n) is 8.64. The minimum Gasteiger partial charge on any atom is -1.00 e. The van der Waals surface area contributed by atoms with E-state index in [0.717, 1.165) is 17.6 Å². The summed E-state index contributed by atoms with van der Waals surface area (Å²) in [6, 6.07) is 13.7. The van der Waals surface area contributed by atoms with E-state index >= 15 is 0 Å². The van der Waals surface area contributed by atoms with Crippen LogP contribution in [0.4, 0.5) is 0 Å². The molecule has 0 radical (unpaired) electrons. The average molecular weight is 515 g/mol. The van der Waals surface area contributed by atoms with E-state index in [4.69, 9.17) is 0 Å². The van der Waals surface area contributed by atoms with Crippen molar-refractivity contribution >= 4 is 11.1 Å². The Morgan fingerprint density at radius 2 is 1.33 bits per heavy atom. The first-order chi connectivity index (χ1) is 12.8. The first kappa shape index (κ1) is 26.9. The molecule has 0 aliphatic heterocycles. The van der Waals surface area contributed by atoms with E-state index in [9.17, 15) is 0 Å². The van der Waals surface area contributed by atoms with Crippen molar-refractivity contribution in [1.29, 1.82) is 0 Å². The van der Waals surface area contributed by atoms with Crippen molar-refractivity contribution in [2.75, 3.05) is 0 Å². The van der Waals surface area contributed by atoms with Crippen LogP contribution in [0.2, 0.25) is 0 Å². The van der Waals surface area contributed by atoms with E-state index in [1.165, 1.54) is 39.0 Å². The van der Waals surface area contributed by atoms with Crippen molar-refractivity contribution in [3.05, 3.63) is 95.6 Å². The van der Waals surface area contributed by atoms with Crippen molar-refractivity contribution in [3.63, 3.8) is 0 Å². The second-order valence-corrected chi connectivity index (χ2v) is 8.64. The number of benzene rings is 2. The molecule has 2 aliphatic rings. The zero-order chi connectivity index (χ0) is 19.3. The zero-order valence-electron chi connectivity index (χ0n) is 18.2. The van der Waals surface area contributed by atoms with Crippen molar-refractivity contribution in [2.24, 2.45) is 5.41 Å². The molecule has 0 heterocycles. The number of hydrogen-bond donors (Lipinski definition) is 0. The van der Waals surface area contributed by atoms with E-state index in [1.54, 1.807) is 0 Å². The van der Waals surface area contributed by atoms with Gasteiger partial charge in [0.15, 0.2) is 0 Å². The molecule has 0 saturated carbocycles. The number of rotatable bonds is 4. The molecule has 4 rings (SSSR count). The molecule has 0 bridgehead atoms. The topological polar surface area (TPSA) is 0 Å². The summed E-state index contributed by atoms with van der Waals surface area (Å²) in [5.74, 6) is 0.340. The summed E-state index contributed by atoms with van der Waals surface area (Å²) in [7, 11) is 0. The SMILES string of the molecule is C=C(C)c1ccc2c(c1)C(C(C)(C)C1=CC=CC1)c1cc(C(=C)C)ccc1-2.[Cl-].[Cl-].[Zr+2]. The molecule has 2 aliphatic carbocycles. The molecule has 0 fully saturated rings. The van der Waals surface area contributed by atoms with Crippen LogP contribution in [0.1, 0.15) is 62.3 Å². The number of halogens is 2. The van der Waals surface area contributed by atoms with E-state index in [2.05, 4.69) is 95.5 Å². The molecule has 3 heteroatoms. The Bertz CT molecular complexity index is 977. The molecule has 0 atom stereocenters. The van der Waals surface area contributed by atoms with Crippen LogP contribution in [0.15, 0.2) is 73.4 Å². The van der Waals surface area contributed by atoms with Crippen molar-refractivity contribution in [3.8, 4) is 11.1 Å². The number of hydrogen-bond acceptors (Lipinski definition) is 0. The Hall–Kier alpha value is -1.14. The Labute approximate surface area is 213 Å². The molecule has 0 N–H and O–H groups in total. The molecule has 2 aromatic rings. The summed E-state index contributed by atoms with van der Waals surface area (Å²) in [6.45, 7) is 17.3. The van der Waals surface area contributed by atoms with Gasteiger partial charge in [0.05, 0.1) is 0 Å². The van der Waals surface area contributed by atoms with Gasteiger partial charge >= 0.3 is 26.2 Å². The first-order valence-electron chi connectivity index (χ1n) is 9.77. The smallest absolute Gasteiger partial charge is 1.00 e. The molecule has 0 nitrogen and oxygen atoms in total. The van der Waals surface area contributed by atoms with Crippen LogP contribution >= 0.6 is 0 Å². The third kappa shape index (κ3) is 4.41. The molecule has 30 heavy (non-hydrogen) atoms. The van der Waals surface area contributed by atoms with Crippen LogP contribution in [-0.4, -0.2) is 0 Å². The van der Waals surface area contributed by atoms with Gasteiger partial charge in [-0.05, 0) is 59.1 Å². The predicted molar refractivity (Wildman–Crippen MR) is 119 cm³/mol. The van der Waals surface area contributed by atoms with Gasteiger partial charge in [-0.3, -0.25) is 0 Å². The number of allylic oxidation sites excluding steroid dienone is 6. The maximum Gasteiger partial charge on any atom is 2.00 e. The quantitative estimate of drug-likeness (QED) is 0.584. The average Bonchev–Trinajstić information content (AvgIpc) is 3.27. The Morgan fingerprint density at radius 1 is 0.867 bits per heavy atom. The van der Waals surface area contributed by atoms with Gasteiger partial charge in [0.2, 0.25) is 0 Å². The van der Waals surface area contributed by atoms with Gasteiger partial charge in [0.25, 0.3) is 0 Å². The summed E-state index contributed by atoms with van der Waals surface area (Å²) in [5, 5.41) is 0. The van der Waals surface area contributed by atoms with Gasteiger partial charge in [-0.2, -0.15) is 0 Å². The molecule has 154 valence electrons. The molecule has 0 saturated heterocycles. The molecule has 0 spiro atoms. The fourth-order valence-corrected chi connectivity index (χ4v) is 4.68. The van der Waals surface area contributed by atoms with Crippen LogP contribution in [0.25, 0.3) is 22.3 Å². The summed E-state index contributed by atoms with van der Waals surface area (Å²) in [6.07, 6.45) is 7.82. The van der Waals surface area contributed by atoms with Crippen LogP contribution in [0.3, 0.4) is 0 Å². The number of fused-ring (bicyclic) bond motifs is 3. The van der Waals surface area contributed by atoms with Gasteiger partial charge < -0.3 is 24.8 Å². The van der Waals surface area contributed by atoms with Crippen molar-refractivity contribution in [2.45, 2.75) is 40.0 Å². The monoisotopic (exact) mass is 512 g/mol. The molecule has 0 amide bonds. The fraction of sp³-hybridized carbons (Fsp3) is 0.259. The molecular formula is C27H28Cl2Zr. The predicted octanol–water partition coefficient (Wildman–Crippen LogP) is 1.78. The van der Waals surface area contributed by atoms with Crippen molar-refractivity contribution in [1.82, 2.24) is 0 Å². The van der Waals surface area contributed by atoms with E-state index in [0.29, 0.717) is 5.92 Å². The summed E-state index contributed by atoms with van der Waals surface area (Å²) < 4.78 is 0. The van der Waals surface area contributed by atoms with Crippen LogP contribution in [-0.2, 0) is 26.2 Å². The van der Waals surface area contributed by atoms with Gasteiger partial charge in [-0.25, -0.2) is 0 Å². The van der Waals surface area contributed by atoms with Gasteiger partial charge in [0.1, 0.15) is 0 Å². The Morgan fingerprint density at radius 3 is 1.70 bits per heavy atom. The first-order valence-corrected chi connectivity index (χ1v) is 9.77. The van der Waals surface area contributed by atoms with Crippen LogP contribution in [0, 0.1) is 5.41 Å². The fourth-order valence-electron chi connectivity index (χ4n) is 4.68. The maximum atomic E-state index is 4.17. The molecule has 0 unspecified atom stereocenters. The summed E-state index contributed by atoms with van der Waals surface area (Å²) in [4.78, 5) is 0. The van der Waals surface area contributed by atoms with Gasteiger partial charge in [-0.15, -0.1) is 0 Å². The van der Waals surface area contributed by atoms with E-state index < -0.39 is 0 Å².